The molecule has 0 amide bonds. The number of ether oxygens (including phenoxy) is 2. The average Bonchev–Trinajstić information content (AvgIpc) is 3.02. The van der Waals surface area contributed by atoms with Crippen LogP contribution in [-0.4, -0.2) is 26.2 Å². The number of benzene rings is 1. The van der Waals surface area contributed by atoms with E-state index in [0.29, 0.717) is 12.8 Å². The predicted molar refractivity (Wildman–Crippen MR) is 93.4 cm³/mol. The Hall–Kier alpha value is -2.56. The summed E-state index contributed by atoms with van der Waals surface area (Å²) in [6.07, 6.45) is 2.51. The first-order valence-corrected chi connectivity index (χ1v) is 8.84. The van der Waals surface area contributed by atoms with Crippen LogP contribution in [0.2, 0.25) is 0 Å². The maximum absolute atomic E-state index is 12.4. The molecular weight excluding hydrogens is 332 g/mol. The van der Waals surface area contributed by atoms with Crippen LogP contribution in [0, 0.1) is 11.3 Å². The number of esters is 2. The molecule has 5 nitrogen and oxygen atoms in total. The normalized spacial score (nSPS) is 25.4. The fraction of sp³-hybridized carbons (Fsp3) is 0.429. The third-order valence-corrected chi connectivity index (χ3v) is 5.97. The van der Waals surface area contributed by atoms with Crippen LogP contribution in [0.3, 0.4) is 0 Å². The first-order chi connectivity index (χ1) is 12.5. The Balaban J connectivity index is 1.58. The molecule has 136 valence electrons. The number of carbonyl (C=O) groups excluding carboxylic acids is 2. The van der Waals surface area contributed by atoms with Gasteiger partial charge in [-0.05, 0) is 42.9 Å². The van der Waals surface area contributed by atoms with E-state index in [1.54, 1.807) is 0 Å². The fourth-order valence-electron chi connectivity index (χ4n) is 4.61. The van der Waals surface area contributed by atoms with Crippen LogP contribution in [0.25, 0.3) is 0 Å². The second-order valence-electron chi connectivity index (χ2n) is 7.43. The molecule has 0 bridgehead atoms. The maximum Gasteiger partial charge on any atom is 0.323 e. The monoisotopic (exact) mass is 354 g/mol. The molecule has 0 saturated heterocycles. The van der Waals surface area contributed by atoms with Gasteiger partial charge in [-0.15, -0.1) is 0 Å². The van der Waals surface area contributed by atoms with Crippen molar-refractivity contribution in [3.8, 4) is 0 Å². The lowest BCUT2D eigenvalue weighted by atomic mass is 9.80. The van der Waals surface area contributed by atoms with Crippen molar-refractivity contribution < 1.29 is 23.5 Å². The Morgan fingerprint density at radius 3 is 2.38 bits per heavy atom. The van der Waals surface area contributed by atoms with Crippen molar-refractivity contribution in [1.29, 1.82) is 0 Å². The molecule has 2 fully saturated rings. The molecule has 1 heterocycles. The minimum atomic E-state index is -1.21. The van der Waals surface area contributed by atoms with Crippen LogP contribution in [0.1, 0.15) is 36.3 Å². The average molecular weight is 354 g/mol. The van der Waals surface area contributed by atoms with Gasteiger partial charge in [0.25, 0.3) is 0 Å². The summed E-state index contributed by atoms with van der Waals surface area (Å²) < 4.78 is 16.0. The van der Waals surface area contributed by atoms with E-state index < -0.39 is 17.4 Å². The smallest absolute Gasteiger partial charge is 0.323 e. The van der Waals surface area contributed by atoms with Gasteiger partial charge in [0.15, 0.2) is 5.41 Å². The Morgan fingerprint density at radius 2 is 1.73 bits per heavy atom. The number of hydrogen-bond acceptors (Lipinski definition) is 5. The zero-order valence-corrected chi connectivity index (χ0v) is 15.0. The van der Waals surface area contributed by atoms with Crippen molar-refractivity contribution in [3.63, 3.8) is 0 Å². The SMILES string of the molecule is COC(=O)C1(C(=O)OC)CC2CC2(c2ccc(Cc3ccccc3)o2)C1. The van der Waals surface area contributed by atoms with Crippen molar-refractivity contribution in [2.24, 2.45) is 11.3 Å². The van der Waals surface area contributed by atoms with Gasteiger partial charge in [-0.25, -0.2) is 0 Å². The van der Waals surface area contributed by atoms with Gasteiger partial charge in [-0.3, -0.25) is 9.59 Å². The highest BCUT2D eigenvalue weighted by molar-refractivity contribution is 6.01. The van der Waals surface area contributed by atoms with E-state index in [2.05, 4.69) is 12.1 Å². The molecule has 2 atom stereocenters. The van der Waals surface area contributed by atoms with E-state index in [4.69, 9.17) is 13.9 Å². The van der Waals surface area contributed by atoms with E-state index in [9.17, 15) is 9.59 Å². The van der Waals surface area contributed by atoms with Gasteiger partial charge in [0.05, 0.1) is 14.2 Å². The van der Waals surface area contributed by atoms with Crippen molar-refractivity contribution in [1.82, 2.24) is 0 Å². The lowest BCUT2D eigenvalue weighted by molar-refractivity contribution is -0.169. The van der Waals surface area contributed by atoms with Gasteiger partial charge in [0.2, 0.25) is 0 Å². The number of rotatable bonds is 5. The van der Waals surface area contributed by atoms with E-state index in [1.165, 1.54) is 19.8 Å². The van der Waals surface area contributed by atoms with E-state index in [0.717, 1.165) is 24.4 Å². The highest BCUT2D eigenvalue weighted by Gasteiger charge is 2.72. The van der Waals surface area contributed by atoms with Crippen molar-refractivity contribution >= 4 is 11.9 Å². The Kier molecular flexibility index (Phi) is 3.90. The van der Waals surface area contributed by atoms with Gasteiger partial charge in [0, 0.05) is 11.8 Å². The summed E-state index contributed by atoms with van der Waals surface area (Å²) in [5.74, 6) is 0.985. The third kappa shape index (κ3) is 2.45. The van der Waals surface area contributed by atoms with Crippen LogP contribution >= 0.6 is 0 Å². The quantitative estimate of drug-likeness (QED) is 0.609. The predicted octanol–water partition coefficient (Wildman–Crippen LogP) is 3.25. The molecule has 0 aliphatic heterocycles. The van der Waals surface area contributed by atoms with Crippen molar-refractivity contribution in [3.05, 3.63) is 59.5 Å². The minimum absolute atomic E-state index is 0.247. The standard InChI is InChI=1S/C21H22O5/c1-24-18(22)21(19(23)25-2)12-15-11-20(15,13-21)17-9-8-16(26-17)10-14-6-4-3-5-7-14/h3-9,15H,10-13H2,1-2H3. The summed E-state index contributed by atoms with van der Waals surface area (Å²) in [4.78, 5) is 24.7. The first kappa shape index (κ1) is 16.9. The Labute approximate surface area is 152 Å². The molecule has 4 rings (SSSR count). The van der Waals surface area contributed by atoms with Gasteiger partial charge >= 0.3 is 11.9 Å². The van der Waals surface area contributed by atoms with E-state index in [-0.39, 0.29) is 11.3 Å². The molecule has 0 radical (unpaired) electrons. The van der Waals surface area contributed by atoms with Gasteiger partial charge < -0.3 is 13.9 Å². The molecule has 2 aliphatic carbocycles. The summed E-state index contributed by atoms with van der Waals surface area (Å²) in [5, 5.41) is 0. The van der Waals surface area contributed by atoms with Crippen molar-refractivity contribution in [2.45, 2.75) is 31.1 Å². The Bertz CT molecular complexity index is 821. The van der Waals surface area contributed by atoms with Gasteiger partial charge in [0.1, 0.15) is 11.5 Å². The lowest BCUT2D eigenvalue weighted by Crippen LogP contribution is -2.41. The Morgan fingerprint density at radius 1 is 1.04 bits per heavy atom. The largest absolute Gasteiger partial charge is 0.468 e. The maximum atomic E-state index is 12.4. The highest BCUT2D eigenvalue weighted by atomic mass is 16.5. The molecule has 0 N–H and O–H groups in total. The van der Waals surface area contributed by atoms with E-state index in [1.807, 2.05) is 30.3 Å². The van der Waals surface area contributed by atoms with Crippen LogP contribution in [-0.2, 0) is 30.9 Å². The second-order valence-corrected chi connectivity index (χ2v) is 7.43. The first-order valence-electron chi connectivity index (χ1n) is 8.84. The van der Waals surface area contributed by atoms with E-state index >= 15 is 0 Å². The summed E-state index contributed by atoms with van der Waals surface area (Å²) in [6.45, 7) is 0. The summed E-state index contributed by atoms with van der Waals surface area (Å²) in [6, 6.07) is 14.1. The molecule has 5 heteroatoms. The topological polar surface area (TPSA) is 65.7 Å². The molecular formula is C21H22O5. The lowest BCUT2D eigenvalue weighted by Gasteiger charge is -2.26. The zero-order chi connectivity index (χ0) is 18.4. The number of carbonyl (C=O) groups is 2. The molecule has 2 aliphatic rings. The number of hydrogen-bond donors (Lipinski definition) is 0. The summed E-state index contributed by atoms with van der Waals surface area (Å²) in [7, 11) is 2.63. The molecule has 26 heavy (non-hydrogen) atoms. The van der Waals surface area contributed by atoms with Crippen LogP contribution in [0.5, 0.6) is 0 Å². The zero-order valence-electron chi connectivity index (χ0n) is 15.0. The highest BCUT2D eigenvalue weighted by Crippen LogP contribution is 2.70. The van der Waals surface area contributed by atoms with Crippen LogP contribution < -0.4 is 0 Å². The molecule has 2 aromatic rings. The van der Waals surface area contributed by atoms with Crippen molar-refractivity contribution in [2.75, 3.05) is 14.2 Å². The van der Waals surface area contributed by atoms with Gasteiger partial charge in [-0.2, -0.15) is 0 Å². The second kappa shape index (κ2) is 6.01. The van der Waals surface area contributed by atoms with Crippen LogP contribution in [0.4, 0.5) is 0 Å². The molecule has 2 unspecified atom stereocenters. The molecule has 2 saturated carbocycles. The molecule has 1 aromatic heterocycles. The summed E-state index contributed by atoms with van der Waals surface area (Å²) >= 11 is 0. The third-order valence-electron chi connectivity index (χ3n) is 5.97. The van der Waals surface area contributed by atoms with Gasteiger partial charge in [-0.1, -0.05) is 30.3 Å². The summed E-state index contributed by atoms with van der Waals surface area (Å²) in [5.41, 5.74) is -0.279. The molecule has 0 spiro atoms. The molecule has 1 aromatic carbocycles. The van der Waals surface area contributed by atoms with Crippen LogP contribution in [0.15, 0.2) is 46.9 Å². The fourth-order valence-corrected chi connectivity index (χ4v) is 4.61. The minimum Gasteiger partial charge on any atom is -0.468 e. The number of furan rings is 1. The number of methoxy groups -OCH3 is 2. The number of fused-ring (bicyclic) bond motifs is 1.